The molecule has 24 rings (SSSR count). The lowest BCUT2D eigenvalue weighted by Crippen LogP contribution is -2.41. The smallest absolute Gasteiger partial charge is 0.497 e. The molecular formula is C105H114BBr3FN21O9. The number of rotatable bonds is 19. The number of ether oxygens (including phenoxy) is 4. The predicted molar refractivity (Wildman–Crippen MR) is 556 cm³/mol. The Kier molecular flexibility index (Phi) is 28.9. The van der Waals surface area contributed by atoms with Gasteiger partial charge in [-0.2, -0.15) is 4.39 Å². The Balaban J connectivity index is 0.000000113. The Labute approximate surface area is 837 Å². The van der Waals surface area contributed by atoms with Crippen molar-refractivity contribution < 1.29 is 47.0 Å². The lowest BCUT2D eigenvalue weighted by molar-refractivity contribution is 0.00578. The van der Waals surface area contributed by atoms with E-state index in [2.05, 4.69) is 134 Å². The number of amides is 3. The first kappa shape index (κ1) is 97.4. The molecule has 6 fully saturated rings. The van der Waals surface area contributed by atoms with Crippen molar-refractivity contribution in [2.45, 2.75) is 201 Å². The van der Waals surface area contributed by atoms with Gasteiger partial charge < -0.3 is 84.1 Å². The molecule has 0 bridgehead atoms. The summed E-state index contributed by atoms with van der Waals surface area (Å²) in [6.07, 6.45) is 18.2. The van der Waals surface area contributed by atoms with Crippen LogP contribution in [0.2, 0.25) is 0 Å². The fourth-order valence-electron chi connectivity index (χ4n) is 16.6. The van der Waals surface area contributed by atoms with Gasteiger partial charge in [-0.15, -0.1) is 0 Å². The molecule has 9 aliphatic rings. The van der Waals surface area contributed by atoms with Crippen LogP contribution in [0.4, 0.5) is 27.7 Å². The van der Waals surface area contributed by atoms with Crippen LogP contribution in [0, 0.1) is 40.6 Å². The van der Waals surface area contributed by atoms with E-state index in [4.69, 9.17) is 63.9 Å². The van der Waals surface area contributed by atoms with E-state index >= 15 is 0 Å². The van der Waals surface area contributed by atoms with Crippen molar-refractivity contribution in [2.24, 2.45) is 5.73 Å². The third-order valence-corrected chi connectivity index (χ3v) is 27.8. The Morgan fingerprint density at radius 2 is 0.800 bits per heavy atom. The largest absolute Gasteiger partial charge is 0.497 e. The summed E-state index contributed by atoms with van der Waals surface area (Å²) in [5, 5.41) is 16.7. The average Bonchev–Trinajstić information content (AvgIpc) is 1.60. The van der Waals surface area contributed by atoms with Crippen molar-refractivity contribution in [2.75, 3.05) is 69.3 Å². The summed E-state index contributed by atoms with van der Waals surface area (Å²) >= 11 is 10.2. The number of anilines is 4. The van der Waals surface area contributed by atoms with Crippen molar-refractivity contribution in [1.82, 2.24) is 78.7 Å². The number of carbonyl (C=O) groups is 3. The monoisotopic (exact) mass is 2080 g/mol. The summed E-state index contributed by atoms with van der Waals surface area (Å²) in [6, 6.07) is 49.4. The minimum Gasteiger partial charge on any atom is -0.497 e. The summed E-state index contributed by atoms with van der Waals surface area (Å²) in [6.45, 7) is 23.1. The number of nitrogens with one attached hydrogen (secondary N) is 5. The molecule has 35 heteroatoms. The molecule has 7 N–H and O–H groups in total. The first-order valence-electron chi connectivity index (χ1n) is 47.5. The van der Waals surface area contributed by atoms with E-state index in [0.29, 0.717) is 102 Å². The molecule has 1 saturated heterocycles. The van der Waals surface area contributed by atoms with Crippen LogP contribution in [0.15, 0.2) is 178 Å². The maximum absolute atomic E-state index is 13.5. The normalized spacial score (nSPS) is 16.4. The van der Waals surface area contributed by atoms with Crippen LogP contribution in [0.3, 0.4) is 0 Å². The van der Waals surface area contributed by atoms with Gasteiger partial charge in [0, 0.05) is 166 Å². The van der Waals surface area contributed by atoms with Gasteiger partial charge in [-0.3, -0.25) is 14.4 Å². The third-order valence-electron chi connectivity index (χ3n) is 26.1. The third kappa shape index (κ3) is 22.5. The summed E-state index contributed by atoms with van der Waals surface area (Å²) in [7, 11) is 6.08. The van der Waals surface area contributed by atoms with Crippen LogP contribution in [0.25, 0.3) is 77.4 Å². The van der Waals surface area contributed by atoms with Crippen LogP contribution < -0.4 is 56.7 Å². The van der Waals surface area contributed by atoms with Crippen LogP contribution in [-0.4, -0.2) is 188 Å². The first-order valence-corrected chi connectivity index (χ1v) is 49.9. The van der Waals surface area contributed by atoms with Crippen molar-refractivity contribution in [3.8, 4) is 45.3 Å². The molecule has 3 amide bonds. The van der Waals surface area contributed by atoms with Crippen LogP contribution in [0.1, 0.15) is 163 Å². The molecule has 8 aromatic heterocycles. The molecule has 5 aliphatic carbocycles. The minimum atomic E-state index is -0.514. The topological polar surface area (TPSA) is 343 Å². The molecule has 12 heterocycles. The van der Waals surface area contributed by atoms with Gasteiger partial charge in [0.05, 0.1) is 112 Å². The number of nitrogens with two attached hydrogens (primary N) is 1. The zero-order chi connectivity index (χ0) is 98.1. The van der Waals surface area contributed by atoms with E-state index in [1.165, 1.54) is 64.2 Å². The second-order valence-corrected chi connectivity index (χ2v) is 40.1. The molecule has 0 unspecified atom stereocenters. The van der Waals surface area contributed by atoms with Gasteiger partial charge in [0.2, 0.25) is 5.95 Å². The number of halogens is 4. The molecule has 30 nitrogen and oxygen atoms in total. The first-order chi connectivity index (χ1) is 67.4. The zero-order valence-corrected chi connectivity index (χ0v) is 85.5. The molecule has 15 aromatic rings. The van der Waals surface area contributed by atoms with Gasteiger partial charge >= 0.3 is 7.12 Å². The van der Waals surface area contributed by atoms with Crippen molar-refractivity contribution >= 4 is 157 Å². The van der Waals surface area contributed by atoms with E-state index in [-0.39, 0.29) is 28.9 Å². The summed E-state index contributed by atoms with van der Waals surface area (Å²) in [5.74, 6) is 5.91. The molecule has 0 spiro atoms. The predicted octanol–water partition coefficient (Wildman–Crippen LogP) is 19.3. The van der Waals surface area contributed by atoms with Crippen molar-refractivity contribution in [3.05, 3.63) is 240 Å². The average molecular weight is 2080 g/mol. The fraction of sp³-hybridized carbons (Fsp3) is 0.362. The minimum absolute atomic E-state index is 0.00336. The van der Waals surface area contributed by atoms with Gasteiger partial charge in [-0.05, 0) is 259 Å². The van der Waals surface area contributed by atoms with E-state index < -0.39 is 13.1 Å². The number of nitrogens with zero attached hydrogens (tertiary/aromatic N) is 15. The molecular weight excluding hydrogens is 1970 g/mol. The Morgan fingerprint density at radius 1 is 0.429 bits per heavy atom. The Hall–Kier alpha value is -12.8. The van der Waals surface area contributed by atoms with Crippen molar-refractivity contribution in [1.29, 1.82) is 0 Å². The Morgan fingerprint density at radius 3 is 1.22 bits per heavy atom. The summed E-state index contributed by atoms with van der Waals surface area (Å²) < 4.78 is 55.6. The molecule has 7 aromatic carbocycles. The number of hydrogen-bond donors (Lipinski definition) is 6. The van der Waals surface area contributed by atoms with Gasteiger partial charge in [0.15, 0.2) is 0 Å². The van der Waals surface area contributed by atoms with Gasteiger partial charge in [0.25, 0.3) is 17.7 Å². The quantitative estimate of drug-likeness (QED) is 0.0410. The van der Waals surface area contributed by atoms with E-state index in [9.17, 15) is 18.8 Å². The number of benzene rings is 7. The number of carbonyl (C=O) groups excluding carboxylic acids is 3. The number of hydrogen-bond acceptors (Lipinski definition) is 24. The number of fused-ring (bicyclic) bond motifs is 8. The standard InChI is InChI=1S/C28H29N5O3.C19H19N5O.C18H24BN3O2.C16H17BrN2O3.C12H12BrN3.C9H6BrFN2.C3H7N/c1-17-27(30-20-8-9-20)31-26-22(5-4-6-23(26)29-17)19-13-24-28(34)33(12-11-32(24)16-19)15-18-7-10-21(35-2)14-25(18)36-3;1-11-18(22-13-5-6-13)23-17-14(3-2-4-15(17)21-11)12-9-16-19(25)20-7-8-24(16)10-12;1-11-16(21-12-9-10-12)22-15-13(7-6-8-14(15)20-11)19-23-17(2,3)18(4,5)24-19;1-21-13-4-3-11(15(8-13)22-2)9-19-6-5-18-10-12(17)7-14(18)16(19)20;1-7-12(15-8-5-6-8)16-11-9(13)3-2-4-10(11)14-7;1-5-9(11)13-8-6(10)3-2-4-7(8)12-5;4-3-1-2-3/h4-7,10,13-14,16,20H,8-9,11-12,15H2,1-3H3,(H,30,31);2-4,9-10,13H,5-8H2,1H3,(H,20,25)(H,22,23);6-8,12H,9-10H2,1-5H3,(H,21,22);3-4,7-8,10H,5-6,9H2,1-2H3;2-4,8H,5-6H2,1H3,(H,15,16);2-4H,1H3;3H,1-2,4H2. The Bertz CT molecular complexity index is 7210. The summed E-state index contributed by atoms with van der Waals surface area (Å²) in [5.41, 5.74) is 25.8. The van der Waals surface area contributed by atoms with E-state index in [1.807, 2.05) is 197 Å². The summed E-state index contributed by atoms with van der Waals surface area (Å²) in [4.78, 5) is 87.8. The van der Waals surface area contributed by atoms with E-state index in [0.717, 1.165) is 179 Å². The molecule has 724 valence electrons. The zero-order valence-electron chi connectivity index (χ0n) is 80.8. The van der Waals surface area contributed by atoms with E-state index in [1.54, 1.807) is 41.4 Å². The molecule has 4 aliphatic heterocycles. The van der Waals surface area contributed by atoms with Gasteiger partial charge in [-0.25, -0.2) is 49.8 Å². The second kappa shape index (κ2) is 41.6. The number of methoxy groups -OCH3 is 4. The van der Waals surface area contributed by atoms with Gasteiger partial charge in [-0.1, -0.05) is 48.5 Å². The van der Waals surface area contributed by atoms with Gasteiger partial charge in [0.1, 0.15) is 74.4 Å². The lowest BCUT2D eigenvalue weighted by atomic mass is 9.78. The maximum atomic E-state index is 13.5. The molecule has 5 saturated carbocycles. The highest BCUT2D eigenvalue weighted by Crippen LogP contribution is 2.41. The maximum Gasteiger partial charge on any atom is 0.497 e. The molecule has 0 atom stereocenters. The number of para-hydroxylation sites is 5. The van der Waals surface area contributed by atoms with Crippen molar-refractivity contribution in [3.63, 3.8) is 0 Å². The van der Waals surface area contributed by atoms with Crippen LogP contribution in [0.5, 0.6) is 23.0 Å². The fourth-order valence-corrected chi connectivity index (χ4v) is 18.0. The number of aryl methyl sites for hydroxylation is 5. The lowest BCUT2D eigenvalue weighted by Gasteiger charge is -2.32. The molecule has 0 radical (unpaired) electrons. The van der Waals surface area contributed by atoms with Crippen LogP contribution in [-0.2, 0) is 42.0 Å². The highest BCUT2D eigenvalue weighted by Gasteiger charge is 2.52. The molecule has 140 heavy (non-hydrogen) atoms. The highest BCUT2D eigenvalue weighted by atomic mass is 79.9. The SMILES string of the molecule is COc1ccc(CN2CCn3cc(-c4cccc5nc(C)c(NC6CC6)nc45)cc3C2=O)c(OC)c1.COc1ccc(CN2CCn3cc(Br)cc3C2=O)c(OC)c1.Cc1nc2cccc(-c3cc4n(c3)CCNC4=O)c2nc1NC1CC1.Cc1nc2cccc(B3OC(C)(C)C(C)(C)O3)c2nc1NC1CC1.Cc1nc2cccc(Br)c2nc1F.Cc1nc2cccc(Br)c2nc1NC1CC1.NC1CC1. The number of aromatic nitrogens is 13. The van der Waals surface area contributed by atoms with Crippen LogP contribution >= 0.6 is 47.8 Å². The second-order valence-electron chi connectivity index (χ2n) is 37.5. The highest BCUT2D eigenvalue weighted by molar-refractivity contribution is 9.11.